The van der Waals surface area contributed by atoms with Crippen molar-refractivity contribution in [1.29, 1.82) is 5.26 Å². The molecule has 1 aliphatic heterocycles. The first-order chi connectivity index (χ1) is 13.4. The largest absolute Gasteiger partial charge is 0.453 e. The molecule has 28 heavy (non-hydrogen) atoms. The topological polar surface area (TPSA) is 82.4 Å². The normalized spacial score (nSPS) is 14.8. The zero-order valence-electron chi connectivity index (χ0n) is 15.0. The third-order valence-electron chi connectivity index (χ3n) is 4.39. The number of hydrogen-bond acceptors (Lipinski definition) is 5. The first-order valence-electron chi connectivity index (χ1n) is 8.78. The van der Waals surface area contributed by atoms with Crippen LogP contribution in [-0.2, 0) is 10.0 Å². The maximum atomic E-state index is 13.9. The molecule has 0 spiro atoms. The number of sulfonamides is 1. The maximum Gasteiger partial charge on any atom is 0.244 e. The minimum Gasteiger partial charge on any atom is -0.453 e. The van der Waals surface area contributed by atoms with E-state index in [1.54, 1.807) is 0 Å². The lowest BCUT2D eigenvalue weighted by Crippen LogP contribution is -2.33. The van der Waals surface area contributed by atoms with Crippen LogP contribution in [0.2, 0.25) is 0 Å². The number of nitrogens with one attached hydrogen (secondary N) is 1. The standard InChI is InChI=1S/C19H19F2N3O3S/c20-15-4-5-16(21)18(12-15)27-17-6-3-14(13-22)11-19(17)28(25,26)23-7-10-24-8-1-2-9-24/h3-6,11-12,23H,1-2,7-10H2. The summed E-state index contributed by atoms with van der Waals surface area (Å²) in [5.74, 6) is -2.20. The summed E-state index contributed by atoms with van der Waals surface area (Å²) in [5, 5.41) is 9.09. The Balaban J connectivity index is 1.85. The first kappa shape index (κ1) is 20.2. The number of benzene rings is 2. The van der Waals surface area contributed by atoms with E-state index in [1.807, 2.05) is 6.07 Å². The highest BCUT2D eigenvalue weighted by atomic mass is 32.2. The first-order valence-corrected chi connectivity index (χ1v) is 10.3. The molecule has 0 atom stereocenters. The van der Waals surface area contributed by atoms with Crippen molar-refractivity contribution in [3.63, 3.8) is 0 Å². The lowest BCUT2D eigenvalue weighted by atomic mass is 10.2. The Morgan fingerprint density at radius 1 is 1.11 bits per heavy atom. The van der Waals surface area contributed by atoms with E-state index in [-0.39, 0.29) is 22.8 Å². The Kier molecular flexibility index (Phi) is 6.24. The van der Waals surface area contributed by atoms with E-state index in [0.29, 0.717) is 6.54 Å². The van der Waals surface area contributed by atoms with Crippen molar-refractivity contribution < 1.29 is 21.9 Å². The second-order valence-corrected chi connectivity index (χ2v) is 8.13. The SMILES string of the molecule is N#Cc1ccc(Oc2cc(F)ccc2F)c(S(=O)(=O)NCCN2CCCC2)c1. The van der Waals surface area contributed by atoms with Gasteiger partial charge >= 0.3 is 0 Å². The molecule has 0 amide bonds. The number of halogens is 2. The van der Waals surface area contributed by atoms with Crippen LogP contribution < -0.4 is 9.46 Å². The molecule has 1 N–H and O–H groups in total. The molecule has 148 valence electrons. The van der Waals surface area contributed by atoms with Gasteiger partial charge in [0.25, 0.3) is 0 Å². The average molecular weight is 407 g/mol. The van der Waals surface area contributed by atoms with E-state index in [1.165, 1.54) is 12.1 Å². The van der Waals surface area contributed by atoms with Crippen LogP contribution in [0.25, 0.3) is 0 Å². The molecule has 9 heteroatoms. The summed E-state index contributed by atoms with van der Waals surface area (Å²) in [6.07, 6.45) is 2.18. The van der Waals surface area contributed by atoms with Gasteiger partial charge in [-0.05, 0) is 56.3 Å². The van der Waals surface area contributed by atoms with Crippen LogP contribution in [0.3, 0.4) is 0 Å². The van der Waals surface area contributed by atoms with Crippen molar-refractivity contribution in [2.24, 2.45) is 0 Å². The summed E-state index contributed by atoms with van der Waals surface area (Å²) in [4.78, 5) is 1.84. The summed E-state index contributed by atoms with van der Waals surface area (Å²) in [6.45, 7) is 2.61. The second kappa shape index (κ2) is 8.65. The van der Waals surface area contributed by atoms with Gasteiger partial charge in [-0.2, -0.15) is 5.26 Å². The number of hydrogen-bond donors (Lipinski definition) is 1. The molecular weight excluding hydrogens is 388 g/mol. The number of rotatable bonds is 7. The highest BCUT2D eigenvalue weighted by molar-refractivity contribution is 7.89. The Morgan fingerprint density at radius 2 is 1.86 bits per heavy atom. The van der Waals surface area contributed by atoms with Crippen molar-refractivity contribution >= 4 is 10.0 Å². The number of likely N-dealkylation sites (tertiary alicyclic amines) is 1. The zero-order chi connectivity index (χ0) is 20.1. The molecule has 1 heterocycles. The van der Waals surface area contributed by atoms with Crippen molar-refractivity contribution in [2.45, 2.75) is 17.7 Å². The van der Waals surface area contributed by atoms with E-state index in [4.69, 9.17) is 10.00 Å². The van der Waals surface area contributed by atoms with E-state index in [9.17, 15) is 17.2 Å². The quantitative estimate of drug-likeness (QED) is 0.763. The monoisotopic (exact) mass is 407 g/mol. The van der Waals surface area contributed by atoms with Crippen molar-refractivity contribution in [3.8, 4) is 17.6 Å². The van der Waals surface area contributed by atoms with Crippen LogP contribution in [0.4, 0.5) is 8.78 Å². The molecule has 0 saturated carbocycles. The molecule has 0 aromatic heterocycles. The molecule has 1 aliphatic rings. The van der Waals surface area contributed by atoms with Crippen LogP contribution in [0, 0.1) is 23.0 Å². The summed E-state index contributed by atoms with van der Waals surface area (Å²) >= 11 is 0. The predicted molar refractivity (Wildman–Crippen MR) is 98.5 cm³/mol. The van der Waals surface area contributed by atoms with Gasteiger partial charge in [-0.15, -0.1) is 0 Å². The molecular formula is C19H19F2N3O3S. The Morgan fingerprint density at radius 3 is 2.57 bits per heavy atom. The van der Waals surface area contributed by atoms with Crippen LogP contribution in [0.5, 0.6) is 11.5 Å². The summed E-state index contributed by atoms with van der Waals surface area (Å²) in [6, 6.07) is 8.24. The summed E-state index contributed by atoms with van der Waals surface area (Å²) in [7, 11) is -4.03. The molecule has 6 nitrogen and oxygen atoms in total. The molecule has 0 bridgehead atoms. The van der Waals surface area contributed by atoms with Gasteiger partial charge in [0.05, 0.1) is 11.6 Å². The van der Waals surface area contributed by atoms with Crippen LogP contribution >= 0.6 is 0 Å². The van der Waals surface area contributed by atoms with Gasteiger partial charge in [-0.3, -0.25) is 0 Å². The highest BCUT2D eigenvalue weighted by Crippen LogP contribution is 2.31. The number of nitriles is 1. The Bertz CT molecular complexity index is 1000. The number of nitrogens with zero attached hydrogens (tertiary/aromatic N) is 2. The molecule has 0 unspecified atom stereocenters. The van der Waals surface area contributed by atoms with Gasteiger partial charge in [-0.1, -0.05) is 0 Å². The van der Waals surface area contributed by atoms with Gasteiger partial charge < -0.3 is 9.64 Å². The van der Waals surface area contributed by atoms with E-state index < -0.39 is 27.4 Å². The van der Waals surface area contributed by atoms with Gasteiger partial charge in [-0.25, -0.2) is 21.9 Å². The third-order valence-corrected chi connectivity index (χ3v) is 5.88. The fourth-order valence-corrected chi connectivity index (χ4v) is 4.14. The van der Waals surface area contributed by atoms with Gasteiger partial charge in [0.1, 0.15) is 16.5 Å². The van der Waals surface area contributed by atoms with Gasteiger partial charge in [0.15, 0.2) is 11.6 Å². The Labute approximate surface area is 162 Å². The molecule has 1 saturated heterocycles. The molecule has 0 radical (unpaired) electrons. The Hall–Kier alpha value is -2.54. The smallest absolute Gasteiger partial charge is 0.244 e. The minimum atomic E-state index is -4.03. The average Bonchev–Trinajstić information content (AvgIpc) is 3.18. The molecule has 2 aromatic carbocycles. The lowest BCUT2D eigenvalue weighted by Gasteiger charge is -2.16. The third kappa shape index (κ3) is 4.84. The fourth-order valence-electron chi connectivity index (χ4n) is 2.97. The van der Waals surface area contributed by atoms with Gasteiger partial charge in [0, 0.05) is 19.2 Å². The second-order valence-electron chi connectivity index (χ2n) is 6.40. The van der Waals surface area contributed by atoms with Crippen molar-refractivity contribution in [3.05, 3.63) is 53.6 Å². The molecule has 0 aliphatic carbocycles. The molecule has 3 rings (SSSR count). The van der Waals surface area contributed by atoms with Crippen molar-refractivity contribution in [2.75, 3.05) is 26.2 Å². The van der Waals surface area contributed by atoms with Crippen LogP contribution in [0.15, 0.2) is 41.3 Å². The van der Waals surface area contributed by atoms with E-state index in [2.05, 4.69) is 9.62 Å². The summed E-state index contributed by atoms with van der Waals surface area (Å²) < 4.78 is 60.6. The van der Waals surface area contributed by atoms with E-state index >= 15 is 0 Å². The van der Waals surface area contributed by atoms with Crippen LogP contribution in [-0.4, -0.2) is 39.5 Å². The predicted octanol–water partition coefficient (Wildman–Crippen LogP) is 3.00. The molecule has 2 aromatic rings. The fraction of sp³-hybridized carbons (Fsp3) is 0.316. The van der Waals surface area contributed by atoms with Crippen LogP contribution in [0.1, 0.15) is 18.4 Å². The molecule has 1 fully saturated rings. The van der Waals surface area contributed by atoms with E-state index in [0.717, 1.165) is 50.2 Å². The zero-order valence-corrected chi connectivity index (χ0v) is 15.8. The maximum absolute atomic E-state index is 13.9. The van der Waals surface area contributed by atoms with Gasteiger partial charge in [0.2, 0.25) is 10.0 Å². The van der Waals surface area contributed by atoms with Crippen molar-refractivity contribution in [1.82, 2.24) is 9.62 Å². The highest BCUT2D eigenvalue weighted by Gasteiger charge is 2.22. The minimum absolute atomic E-state index is 0.104. The summed E-state index contributed by atoms with van der Waals surface area (Å²) in [5.41, 5.74) is 0.104. The lowest BCUT2D eigenvalue weighted by molar-refractivity contribution is 0.344. The number of ether oxygens (including phenoxy) is 1.